The highest BCUT2D eigenvalue weighted by molar-refractivity contribution is 9.10. The van der Waals surface area contributed by atoms with Crippen LogP contribution in [-0.2, 0) is 0 Å². The first-order valence-corrected chi connectivity index (χ1v) is 9.73. The van der Waals surface area contributed by atoms with Crippen LogP contribution in [0.15, 0.2) is 87.3 Å². The number of rotatable bonds is 2. The zero-order chi connectivity index (χ0) is 18.1. The minimum absolute atomic E-state index is 0.00249. The molecule has 1 unspecified atom stereocenters. The Kier molecular flexibility index (Phi) is 4.79. The predicted octanol–water partition coefficient (Wildman–Crippen LogP) is 6.61. The topological polar surface area (TPSA) is 26.3 Å². The molecule has 0 fully saturated rings. The van der Waals surface area contributed by atoms with Gasteiger partial charge in [0.2, 0.25) is 0 Å². The Labute approximate surface area is 168 Å². The van der Waals surface area contributed by atoms with Crippen LogP contribution in [0.4, 0.5) is 0 Å². The van der Waals surface area contributed by atoms with E-state index in [0.29, 0.717) is 16.9 Å². The van der Waals surface area contributed by atoms with Crippen molar-refractivity contribution in [2.45, 2.75) is 6.10 Å². The Morgan fingerprint density at radius 1 is 0.808 bits per heavy atom. The van der Waals surface area contributed by atoms with Crippen LogP contribution in [0.5, 0.6) is 5.75 Å². The van der Waals surface area contributed by atoms with Crippen molar-refractivity contribution in [2.24, 2.45) is 0 Å². The number of fused-ring (bicyclic) bond motifs is 1. The first-order chi connectivity index (χ1) is 12.6. The summed E-state index contributed by atoms with van der Waals surface area (Å²) in [6.07, 6.45) is 1.48. The lowest BCUT2D eigenvalue weighted by molar-refractivity contribution is 0.0963. The van der Waals surface area contributed by atoms with E-state index in [1.165, 1.54) is 0 Å². The molecule has 0 spiro atoms. The molecule has 4 heteroatoms. The van der Waals surface area contributed by atoms with E-state index < -0.39 is 6.10 Å². The number of ketones is 1. The molecule has 3 aromatic rings. The Morgan fingerprint density at radius 3 is 2.12 bits per heavy atom. The maximum atomic E-state index is 13.2. The fraction of sp³-hybridized carbons (Fsp3) is 0.0455. The lowest BCUT2D eigenvalue weighted by Crippen LogP contribution is -2.23. The van der Waals surface area contributed by atoms with Crippen LogP contribution in [0.25, 0.3) is 6.08 Å². The average Bonchev–Trinajstić information content (AvgIpc) is 2.66. The van der Waals surface area contributed by atoms with Crippen LogP contribution in [0.2, 0.25) is 0 Å². The van der Waals surface area contributed by atoms with Gasteiger partial charge in [-0.1, -0.05) is 68.3 Å². The molecule has 1 heterocycles. The van der Waals surface area contributed by atoms with E-state index in [1.807, 2.05) is 78.9 Å². The van der Waals surface area contributed by atoms with Gasteiger partial charge in [-0.15, -0.1) is 0 Å². The molecule has 128 valence electrons. The van der Waals surface area contributed by atoms with E-state index in [2.05, 4.69) is 31.9 Å². The molecule has 0 radical (unpaired) electrons. The monoisotopic (exact) mass is 468 g/mol. The molecule has 4 rings (SSSR count). The van der Waals surface area contributed by atoms with Gasteiger partial charge in [0.1, 0.15) is 5.75 Å². The third-order valence-electron chi connectivity index (χ3n) is 4.29. The summed E-state index contributed by atoms with van der Waals surface area (Å²) < 4.78 is 8.21. The zero-order valence-electron chi connectivity index (χ0n) is 13.7. The van der Waals surface area contributed by atoms with Crippen LogP contribution >= 0.6 is 31.9 Å². The third kappa shape index (κ3) is 3.39. The molecule has 0 aromatic heterocycles. The number of benzene rings is 3. The summed E-state index contributed by atoms with van der Waals surface area (Å²) in [7, 11) is 0. The second-order valence-electron chi connectivity index (χ2n) is 6.03. The summed E-state index contributed by atoms with van der Waals surface area (Å²) >= 11 is 6.90. The molecule has 1 aliphatic rings. The summed E-state index contributed by atoms with van der Waals surface area (Å²) in [6.45, 7) is 0. The van der Waals surface area contributed by atoms with Crippen molar-refractivity contribution in [3.05, 3.63) is 104 Å². The maximum absolute atomic E-state index is 13.2. The van der Waals surface area contributed by atoms with E-state index in [0.717, 1.165) is 20.1 Å². The standard InChI is InChI=1S/C22H14Br2O2/c23-16-9-5-14(6-10-16)13-19-21(25)18-3-1-2-4-20(18)26-22(19)15-7-11-17(24)12-8-15/h1-13,22H/b19-13+. The van der Waals surface area contributed by atoms with Gasteiger partial charge in [-0.3, -0.25) is 4.79 Å². The van der Waals surface area contributed by atoms with E-state index in [-0.39, 0.29) is 5.78 Å². The summed E-state index contributed by atoms with van der Waals surface area (Å²) in [6, 6.07) is 23.1. The first-order valence-electron chi connectivity index (χ1n) is 8.15. The molecule has 0 N–H and O–H groups in total. The quantitative estimate of drug-likeness (QED) is 0.394. The van der Waals surface area contributed by atoms with Gasteiger partial charge in [-0.05, 0) is 53.6 Å². The predicted molar refractivity (Wildman–Crippen MR) is 110 cm³/mol. The van der Waals surface area contributed by atoms with E-state index in [4.69, 9.17) is 4.74 Å². The highest BCUT2D eigenvalue weighted by Gasteiger charge is 2.32. The number of ether oxygens (including phenoxy) is 1. The second kappa shape index (κ2) is 7.22. The van der Waals surface area contributed by atoms with Crippen molar-refractivity contribution in [3.63, 3.8) is 0 Å². The molecular formula is C22H14Br2O2. The Bertz CT molecular complexity index is 989. The summed E-state index contributed by atoms with van der Waals surface area (Å²) in [5.74, 6) is 0.626. The van der Waals surface area contributed by atoms with Crippen LogP contribution in [0.3, 0.4) is 0 Å². The lowest BCUT2D eigenvalue weighted by atomic mass is 9.89. The largest absolute Gasteiger partial charge is 0.480 e. The number of para-hydroxylation sites is 1. The Balaban J connectivity index is 1.84. The van der Waals surface area contributed by atoms with Gasteiger partial charge in [0.25, 0.3) is 0 Å². The molecule has 0 bridgehead atoms. The van der Waals surface area contributed by atoms with Gasteiger partial charge in [-0.2, -0.15) is 0 Å². The van der Waals surface area contributed by atoms with Crippen molar-refractivity contribution >= 4 is 43.7 Å². The zero-order valence-corrected chi connectivity index (χ0v) is 16.8. The minimum atomic E-state index is -0.436. The molecule has 0 aliphatic carbocycles. The summed E-state index contributed by atoms with van der Waals surface area (Å²) in [4.78, 5) is 13.2. The Hall–Kier alpha value is -2.17. The molecule has 1 aliphatic heterocycles. The highest BCUT2D eigenvalue weighted by atomic mass is 79.9. The molecular weight excluding hydrogens is 456 g/mol. The second-order valence-corrected chi connectivity index (χ2v) is 7.86. The Morgan fingerprint density at radius 2 is 1.42 bits per heavy atom. The van der Waals surface area contributed by atoms with Gasteiger partial charge in [0.05, 0.1) is 5.56 Å². The van der Waals surface area contributed by atoms with Gasteiger partial charge in [0.15, 0.2) is 11.9 Å². The fourth-order valence-electron chi connectivity index (χ4n) is 2.99. The average molecular weight is 470 g/mol. The van der Waals surface area contributed by atoms with Gasteiger partial charge < -0.3 is 4.74 Å². The van der Waals surface area contributed by atoms with E-state index in [1.54, 1.807) is 0 Å². The van der Waals surface area contributed by atoms with Crippen LogP contribution in [0, 0.1) is 0 Å². The smallest absolute Gasteiger partial charge is 0.196 e. The molecule has 26 heavy (non-hydrogen) atoms. The molecule has 2 nitrogen and oxygen atoms in total. The number of hydrogen-bond acceptors (Lipinski definition) is 2. The van der Waals surface area contributed by atoms with Crippen LogP contribution in [-0.4, -0.2) is 5.78 Å². The maximum Gasteiger partial charge on any atom is 0.196 e. The third-order valence-corrected chi connectivity index (χ3v) is 5.34. The first kappa shape index (κ1) is 17.3. The van der Waals surface area contributed by atoms with Crippen molar-refractivity contribution in [1.82, 2.24) is 0 Å². The van der Waals surface area contributed by atoms with Crippen molar-refractivity contribution < 1.29 is 9.53 Å². The molecule has 0 saturated carbocycles. The van der Waals surface area contributed by atoms with Crippen molar-refractivity contribution in [2.75, 3.05) is 0 Å². The lowest BCUT2D eigenvalue weighted by Gasteiger charge is -2.28. The van der Waals surface area contributed by atoms with Crippen molar-refractivity contribution in [3.8, 4) is 5.75 Å². The molecule has 3 aromatic carbocycles. The van der Waals surface area contributed by atoms with Crippen LogP contribution < -0.4 is 4.74 Å². The summed E-state index contributed by atoms with van der Waals surface area (Å²) in [5, 5.41) is 0. The van der Waals surface area contributed by atoms with E-state index >= 15 is 0 Å². The number of halogens is 2. The van der Waals surface area contributed by atoms with Crippen LogP contribution in [0.1, 0.15) is 27.6 Å². The molecule has 0 saturated heterocycles. The molecule has 1 atom stereocenters. The fourth-order valence-corrected chi connectivity index (χ4v) is 3.52. The van der Waals surface area contributed by atoms with Crippen molar-refractivity contribution in [1.29, 1.82) is 0 Å². The summed E-state index contributed by atoms with van der Waals surface area (Å²) in [5.41, 5.74) is 3.14. The number of hydrogen-bond donors (Lipinski definition) is 0. The van der Waals surface area contributed by atoms with Gasteiger partial charge in [0, 0.05) is 14.5 Å². The normalized spacial score (nSPS) is 17.7. The highest BCUT2D eigenvalue weighted by Crippen LogP contribution is 2.39. The van der Waals surface area contributed by atoms with E-state index in [9.17, 15) is 4.79 Å². The van der Waals surface area contributed by atoms with Gasteiger partial charge >= 0.3 is 0 Å². The number of carbonyl (C=O) groups is 1. The molecule has 0 amide bonds. The number of carbonyl (C=O) groups excluding carboxylic acids is 1. The SMILES string of the molecule is O=C1/C(=C\c2ccc(Br)cc2)C(c2ccc(Br)cc2)Oc2ccccc21. The van der Waals surface area contributed by atoms with Gasteiger partial charge in [-0.25, -0.2) is 0 Å². The number of Topliss-reactive ketones (excluding diaryl/α,β-unsaturated/α-hetero) is 1. The minimum Gasteiger partial charge on any atom is -0.480 e.